The number of fused-ring (bicyclic) bond motifs is 1. The van der Waals surface area contributed by atoms with Crippen LogP contribution in [0.4, 0.5) is 0 Å². The van der Waals surface area contributed by atoms with Gasteiger partial charge < -0.3 is 19.9 Å². The Morgan fingerprint density at radius 2 is 2.14 bits per heavy atom. The van der Waals surface area contributed by atoms with Gasteiger partial charge in [0.15, 0.2) is 11.5 Å². The van der Waals surface area contributed by atoms with Gasteiger partial charge in [0, 0.05) is 6.08 Å². The highest BCUT2D eigenvalue weighted by molar-refractivity contribution is 5.88. The molecule has 1 amide bonds. The first-order valence-corrected chi connectivity index (χ1v) is 7.29. The lowest BCUT2D eigenvalue weighted by Gasteiger charge is -2.11. The van der Waals surface area contributed by atoms with Crippen molar-refractivity contribution in [2.24, 2.45) is 0 Å². The average molecular weight is 303 g/mol. The lowest BCUT2D eigenvalue weighted by atomic mass is 10.1. The summed E-state index contributed by atoms with van der Waals surface area (Å²) in [6.45, 7) is 4.03. The summed E-state index contributed by atoms with van der Waals surface area (Å²) in [6, 6.07) is 5.50. The summed E-state index contributed by atoms with van der Waals surface area (Å²) in [7, 11) is 0. The number of hydrogen-bond acceptors (Lipinski definition) is 4. The van der Waals surface area contributed by atoms with Crippen molar-refractivity contribution in [2.75, 3.05) is 13.4 Å². The number of rotatable bonds is 6. The van der Waals surface area contributed by atoms with E-state index in [1.54, 1.807) is 6.08 Å². The van der Waals surface area contributed by atoms with Crippen LogP contribution < -0.4 is 14.8 Å². The highest BCUT2D eigenvalue weighted by Crippen LogP contribution is 2.33. The van der Waals surface area contributed by atoms with Crippen LogP contribution in [0.25, 0.3) is 6.08 Å². The van der Waals surface area contributed by atoms with E-state index in [0.29, 0.717) is 6.42 Å². The van der Waals surface area contributed by atoms with E-state index in [2.05, 4.69) is 5.32 Å². The molecule has 2 N–H and O–H groups in total. The van der Waals surface area contributed by atoms with Crippen LogP contribution in [0, 0.1) is 0 Å². The number of carbonyl (C=O) groups excluding carboxylic acids is 1. The second-order valence-corrected chi connectivity index (χ2v) is 5.13. The summed E-state index contributed by atoms with van der Waals surface area (Å²) < 4.78 is 10.6. The summed E-state index contributed by atoms with van der Waals surface area (Å²) in [5.41, 5.74) is 1.92. The highest BCUT2D eigenvalue weighted by atomic mass is 16.7. The van der Waals surface area contributed by atoms with Crippen molar-refractivity contribution >= 4 is 12.0 Å². The Balaban J connectivity index is 1.97. The Bertz CT molecular complexity index is 588. The molecule has 1 atom stereocenters. The summed E-state index contributed by atoms with van der Waals surface area (Å²) in [5, 5.41) is 11.8. The largest absolute Gasteiger partial charge is 0.454 e. The maximum Gasteiger partial charge on any atom is 0.244 e. The summed E-state index contributed by atoms with van der Waals surface area (Å²) in [5.74, 6) is 1.27. The molecule has 0 aliphatic carbocycles. The number of carbonyl (C=O) groups is 1. The van der Waals surface area contributed by atoms with Crippen LogP contribution >= 0.6 is 0 Å². The zero-order chi connectivity index (χ0) is 15.9. The van der Waals surface area contributed by atoms with Gasteiger partial charge in [-0.2, -0.15) is 0 Å². The van der Waals surface area contributed by atoms with E-state index in [4.69, 9.17) is 14.6 Å². The molecule has 1 aromatic rings. The van der Waals surface area contributed by atoms with Gasteiger partial charge in [-0.1, -0.05) is 30.7 Å². The van der Waals surface area contributed by atoms with Crippen molar-refractivity contribution in [3.8, 4) is 11.5 Å². The van der Waals surface area contributed by atoms with Gasteiger partial charge >= 0.3 is 0 Å². The molecule has 5 nitrogen and oxygen atoms in total. The molecule has 5 heteroatoms. The first-order valence-electron chi connectivity index (χ1n) is 7.29. The monoisotopic (exact) mass is 303 g/mol. The van der Waals surface area contributed by atoms with E-state index >= 15 is 0 Å². The number of nitrogens with one attached hydrogen (secondary N) is 1. The highest BCUT2D eigenvalue weighted by Gasteiger charge is 2.12. The maximum atomic E-state index is 11.7. The molecule has 2 rings (SSSR count). The van der Waals surface area contributed by atoms with Crippen LogP contribution in [0.1, 0.15) is 25.8 Å². The van der Waals surface area contributed by atoms with E-state index in [1.165, 1.54) is 6.08 Å². The van der Waals surface area contributed by atoms with Gasteiger partial charge in [0.25, 0.3) is 0 Å². The standard InChI is InChI=1S/C17H21NO4/c1-3-14(10-19)18-17(20)7-4-12(2)8-13-5-6-15-16(9-13)22-11-21-15/h4-9,14,19H,3,10-11H2,1-2H3,(H,18,20)/b7-4+,12-8+. The van der Waals surface area contributed by atoms with Crippen molar-refractivity contribution in [2.45, 2.75) is 26.3 Å². The van der Waals surface area contributed by atoms with Crippen LogP contribution in [-0.4, -0.2) is 30.5 Å². The van der Waals surface area contributed by atoms with E-state index in [9.17, 15) is 4.79 Å². The molecule has 0 spiro atoms. The third kappa shape index (κ3) is 4.36. The fourth-order valence-corrected chi connectivity index (χ4v) is 2.05. The van der Waals surface area contributed by atoms with Gasteiger partial charge in [-0.15, -0.1) is 0 Å². The molecule has 1 aliphatic heterocycles. The Hall–Kier alpha value is -2.27. The van der Waals surface area contributed by atoms with Crippen molar-refractivity contribution < 1.29 is 19.4 Å². The number of benzene rings is 1. The topological polar surface area (TPSA) is 67.8 Å². The second kappa shape index (κ2) is 7.66. The molecule has 0 radical (unpaired) electrons. The smallest absolute Gasteiger partial charge is 0.244 e. The maximum absolute atomic E-state index is 11.7. The second-order valence-electron chi connectivity index (χ2n) is 5.13. The SMILES string of the molecule is CCC(CO)NC(=O)/C=C/C(C)=C/c1ccc2c(c1)OCO2. The van der Waals surface area contributed by atoms with E-state index in [1.807, 2.05) is 38.1 Å². The quantitative estimate of drug-likeness (QED) is 0.625. The normalized spacial score (nSPS) is 15.1. The van der Waals surface area contributed by atoms with Gasteiger partial charge in [-0.3, -0.25) is 4.79 Å². The van der Waals surface area contributed by atoms with Crippen molar-refractivity contribution in [3.05, 3.63) is 41.5 Å². The molecule has 1 aliphatic rings. The minimum atomic E-state index is -0.209. The van der Waals surface area contributed by atoms with Crippen LogP contribution in [0.15, 0.2) is 35.9 Å². The molecule has 118 valence electrons. The Labute approximate surface area is 130 Å². The predicted octanol–water partition coefficient (Wildman–Crippen LogP) is 2.26. The van der Waals surface area contributed by atoms with Crippen LogP contribution in [0.5, 0.6) is 11.5 Å². The summed E-state index contributed by atoms with van der Waals surface area (Å²) in [6.07, 6.45) is 5.86. The first kappa shape index (κ1) is 16.1. The number of amides is 1. The van der Waals surface area contributed by atoms with Gasteiger partial charge in [0.1, 0.15) is 0 Å². The minimum absolute atomic E-state index is 0.0535. The number of aliphatic hydroxyl groups excluding tert-OH is 1. The van der Waals surface area contributed by atoms with Crippen LogP contribution in [0.2, 0.25) is 0 Å². The fraction of sp³-hybridized carbons (Fsp3) is 0.353. The third-order valence-corrected chi connectivity index (χ3v) is 3.35. The molecule has 0 aromatic heterocycles. The average Bonchev–Trinajstić information content (AvgIpc) is 2.98. The molecular formula is C17H21NO4. The van der Waals surface area contributed by atoms with Gasteiger partial charge in [0.2, 0.25) is 12.7 Å². The number of hydrogen-bond donors (Lipinski definition) is 2. The molecular weight excluding hydrogens is 282 g/mol. The molecule has 0 saturated heterocycles. The molecule has 0 bridgehead atoms. The zero-order valence-corrected chi connectivity index (χ0v) is 12.8. The van der Waals surface area contributed by atoms with Crippen LogP contribution in [-0.2, 0) is 4.79 Å². The number of aliphatic hydroxyl groups is 1. The fourth-order valence-electron chi connectivity index (χ4n) is 2.05. The Morgan fingerprint density at radius 1 is 1.36 bits per heavy atom. The number of allylic oxidation sites excluding steroid dienone is 2. The lowest BCUT2D eigenvalue weighted by Crippen LogP contribution is -2.35. The molecule has 0 fully saturated rings. The van der Waals surface area contributed by atoms with Gasteiger partial charge in [0.05, 0.1) is 12.6 Å². The minimum Gasteiger partial charge on any atom is -0.454 e. The third-order valence-electron chi connectivity index (χ3n) is 3.35. The van der Waals surface area contributed by atoms with E-state index < -0.39 is 0 Å². The van der Waals surface area contributed by atoms with Crippen LogP contribution in [0.3, 0.4) is 0 Å². The molecule has 22 heavy (non-hydrogen) atoms. The van der Waals surface area contributed by atoms with Crippen molar-refractivity contribution in [1.82, 2.24) is 5.32 Å². The number of ether oxygens (including phenoxy) is 2. The predicted molar refractivity (Wildman–Crippen MR) is 84.7 cm³/mol. The first-order chi connectivity index (χ1) is 10.6. The molecule has 1 heterocycles. The Kier molecular flexibility index (Phi) is 5.61. The summed E-state index contributed by atoms with van der Waals surface area (Å²) >= 11 is 0. The van der Waals surface area contributed by atoms with Crippen molar-refractivity contribution in [1.29, 1.82) is 0 Å². The van der Waals surface area contributed by atoms with E-state index in [0.717, 1.165) is 22.6 Å². The molecule has 1 unspecified atom stereocenters. The Morgan fingerprint density at radius 3 is 2.86 bits per heavy atom. The zero-order valence-electron chi connectivity index (χ0n) is 12.8. The van der Waals surface area contributed by atoms with Crippen molar-refractivity contribution in [3.63, 3.8) is 0 Å². The molecule has 1 aromatic carbocycles. The van der Waals surface area contributed by atoms with Gasteiger partial charge in [-0.25, -0.2) is 0 Å². The summed E-state index contributed by atoms with van der Waals surface area (Å²) in [4.78, 5) is 11.7. The van der Waals surface area contributed by atoms with Gasteiger partial charge in [-0.05, 0) is 31.0 Å². The molecule has 0 saturated carbocycles. The lowest BCUT2D eigenvalue weighted by molar-refractivity contribution is -0.117. The van der Waals surface area contributed by atoms with E-state index in [-0.39, 0.29) is 25.3 Å².